The molecule has 1 aromatic carbocycles. The maximum atomic E-state index is 15.2. The Morgan fingerprint density at radius 2 is 1.91 bits per heavy atom. The summed E-state index contributed by atoms with van der Waals surface area (Å²) in [6.45, 7) is 0.132. The molecule has 2 saturated heterocycles. The van der Waals surface area contributed by atoms with Crippen molar-refractivity contribution in [1.29, 1.82) is 0 Å². The Bertz CT molecular complexity index is 844. The maximum absolute atomic E-state index is 15.2. The quantitative estimate of drug-likeness (QED) is 0.635. The van der Waals surface area contributed by atoms with E-state index in [2.05, 4.69) is 5.32 Å². The summed E-state index contributed by atoms with van der Waals surface area (Å²) >= 11 is 5.95. The molecule has 2 fully saturated rings. The first-order valence-corrected chi connectivity index (χ1v) is 10.8. The van der Waals surface area contributed by atoms with Crippen LogP contribution >= 0.6 is 11.6 Å². The van der Waals surface area contributed by atoms with E-state index >= 15 is 4.39 Å². The van der Waals surface area contributed by atoms with Crippen LogP contribution in [0.2, 0.25) is 5.02 Å². The van der Waals surface area contributed by atoms with Gasteiger partial charge in [0.1, 0.15) is 17.5 Å². The number of hydrogen-bond donors (Lipinski definition) is 1. The minimum Gasteiger partial charge on any atom is -0.497 e. The van der Waals surface area contributed by atoms with Gasteiger partial charge in [-0.15, -0.1) is 0 Å². The summed E-state index contributed by atoms with van der Waals surface area (Å²) in [6, 6.07) is 2.75. The number of nitrogens with one attached hydrogen (secondary N) is 1. The molecule has 3 rings (SSSR count). The molecular weight excluding hydrogens is 454 g/mol. The molecule has 0 saturated carbocycles. The van der Waals surface area contributed by atoms with E-state index in [0.29, 0.717) is 17.2 Å². The summed E-state index contributed by atoms with van der Waals surface area (Å²) in [7, 11) is 1.44. The molecule has 2 aliphatic rings. The molecule has 2 heterocycles. The molecule has 2 aliphatic heterocycles. The number of halogens is 5. The fourth-order valence-electron chi connectivity index (χ4n) is 4.13. The van der Waals surface area contributed by atoms with Crippen molar-refractivity contribution in [3.8, 4) is 5.75 Å². The summed E-state index contributed by atoms with van der Waals surface area (Å²) in [6.07, 6.45) is -4.08. The van der Waals surface area contributed by atoms with Crippen LogP contribution in [0, 0.1) is 0 Å². The van der Waals surface area contributed by atoms with E-state index in [1.807, 2.05) is 0 Å². The van der Waals surface area contributed by atoms with Crippen molar-refractivity contribution in [3.63, 3.8) is 0 Å². The number of amides is 2. The average molecular weight is 480 g/mol. The van der Waals surface area contributed by atoms with E-state index in [-0.39, 0.29) is 57.5 Å². The molecule has 0 spiro atoms. The molecule has 1 atom stereocenters. The van der Waals surface area contributed by atoms with Crippen molar-refractivity contribution < 1.29 is 31.9 Å². The highest BCUT2D eigenvalue weighted by Gasteiger charge is 2.48. The number of likely N-dealkylation sites (tertiary alicyclic amines) is 2. The maximum Gasteiger partial charge on any atom is 0.408 e. The molecule has 32 heavy (non-hydrogen) atoms. The van der Waals surface area contributed by atoms with Crippen LogP contribution in [-0.2, 0) is 4.79 Å². The van der Waals surface area contributed by atoms with Gasteiger partial charge >= 0.3 is 6.18 Å². The summed E-state index contributed by atoms with van der Waals surface area (Å²) in [5.74, 6) is -0.673. The van der Waals surface area contributed by atoms with E-state index in [9.17, 15) is 22.8 Å². The Morgan fingerprint density at radius 3 is 2.53 bits per heavy atom. The predicted molar refractivity (Wildman–Crippen MR) is 111 cm³/mol. The van der Waals surface area contributed by atoms with Gasteiger partial charge in [-0.1, -0.05) is 11.6 Å². The zero-order chi connectivity index (χ0) is 23.5. The summed E-state index contributed by atoms with van der Waals surface area (Å²) in [5.41, 5.74) is -1.43. The largest absolute Gasteiger partial charge is 0.497 e. The van der Waals surface area contributed by atoms with Gasteiger partial charge in [0.05, 0.1) is 20.2 Å². The van der Waals surface area contributed by atoms with E-state index in [0.717, 1.165) is 4.90 Å². The van der Waals surface area contributed by atoms with Gasteiger partial charge in [0.15, 0.2) is 0 Å². The Hall–Kier alpha value is -2.07. The van der Waals surface area contributed by atoms with Crippen LogP contribution in [0.4, 0.5) is 17.6 Å². The van der Waals surface area contributed by atoms with E-state index in [4.69, 9.17) is 16.3 Å². The minimum atomic E-state index is -4.44. The standard InChI is InChI=1S/C21H26ClF4N3O3/c1-32-16-10-14(9-15(22)11-16)19(31)27-13-20(23)4-7-28(8-5-20)12-18(30)29-6-2-3-17(29)21(24,25)26/h9-11,17H,2-8,12-13H2,1H3,(H,27,31). The van der Waals surface area contributed by atoms with Crippen LogP contribution in [0.3, 0.4) is 0 Å². The second-order valence-electron chi connectivity index (χ2n) is 8.28. The average Bonchev–Trinajstić information content (AvgIpc) is 3.24. The van der Waals surface area contributed by atoms with Crippen LogP contribution in [0.1, 0.15) is 36.0 Å². The predicted octanol–water partition coefficient (Wildman–Crippen LogP) is 3.44. The lowest BCUT2D eigenvalue weighted by Crippen LogP contribution is -2.52. The molecule has 0 aromatic heterocycles. The van der Waals surface area contributed by atoms with Gasteiger partial charge in [0, 0.05) is 30.2 Å². The first-order valence-electron chi connectivity index (χ1n) is 10.4. The highest BCUT2D eigenvalue weighted by atomic mass is 35.5. The summed E-state index contributed by atoms with van der Waals surface area (Å²) in [4.78, 5) is 27.3. The molecule has 0 aliphatic carbocycles. The number of hydrogen-bond acceptors (Lipinski definition) is 4. The fraction of sp³-hybridized carbons (Fsp3) is 0.619. The molecule has 1 unspecified atom stereocenters. The number of carbonyl (C=O) groups is 2. The summed E-state index contributed by atoms with van der Waals surface area (Å²) < 4.78 is 59.5. The van der Waals surface area contributed by atoms with E-state index in [1.165, 1.54) is 19.2 Å². The van der Waals surface area contributed by atoms with Gasteiger partial charge in [0.25, 0.3) is 5.91 Å². The Kier molecular flexibility index (Phi) is 7.54. The van der Waals surface area contributed by atoms with Gasteiger partial charge in [-0.3, -0.25) is 14.5 Å². The van der Waals surface area contributed by atoms with Gasteiger partial charge in [-0.05, 0) is 43.9 Å². The van der Waals surface area contributed by atoms with Crippen molar-refractivity contribution in [2.24, 2.45) is 0 Å². The van der Waals surface area contributed by atoms with Crippen LogP contribution in [0.5, 0.6) is 5.75 Å². The van der Waals surface area contributed by atoms with Crippen LogP contribution in [-0.4, -0.2) is 79.3 Å². The SMILES string of the molecule is COc1cc(Cl)cc(C(=O)NCC2(F)CCN(CC(=O)N3CCCC3C(F)(F)F)CC2)c1. The van der Waals surface area contributed by atoms with E-state index < -0.39 is 29.7 Å². The zero-order valence-corrected chi connectivity index (χ0v) is 18.4. The number of carbonyl (C=O) groups excluding carboxylic acids is 2. The van der Waals surface area contributed by atoms with Crippen molar-refractivity contribution in [1.82, 2.24) is 15.1 Å². The highest BCUT2D eigenvalue weighted by Crippen LogP contribution is 2.33. The van der Waals surface area contributed by atoms with E-state index in [1.54, 1.807) is 11.0 Å². The number of nitrogens with zero attached hydrogens (tertiary/aromatic N) is 2. The number of methoxy groups -OCH3 is 1. The minimum absolute atomic E-state index is 0.0577. The van der Waals surface area contributed by atoms with Crippen molar-refractivity contribution >= 4 is 23.4 Å². The van der Waals surface area contributed by atoms with Gasteiger partial charge in [-0.2, -0.15) is 13.2 Å². The molecule has 11 heteroatoms. The lowest BCUT2D eigenvalue weighted by Gasteiger charge is -2.37. The number of ether oxygens (including phenoxy) is 1. The third-order valence-corrected chi connectivity index (χ3v) is 6.22. The number of piperidine rings is 1. The van der Waals surface area contributed by atoms with Gasteiger partial charge in [0.2, 0.25) is 5.91 Å². The molecule has 1 aromatic rings. The lowest BCUT2D eigenvalue weighted by molar-refractivity contribution is -0.183. The van der Waals surface area contributed by atoms with Crippen LogP contribution in [0.15, 0.2) is 18.2 Å². The summed E-state index contributed by atoms with van der Waals surface area (Å²) in [5, 5.41) is 2.88. The Balaban J connectivity index is 1.49. The van der Waals surface area contributed by atoms with Crippen molar-refractivity contribution in [2.75, 3.05) is 39.8 Å². The normalized spacial score (nSPS) is 21.4. The third kappa shape index (κ3) is 6.04. The van der Waals surface area contributed by atoms with Gasteiger partial charge in [-0.25, -0.2) is 4.39 Å². The number of benzene rings is 1. The molecule has 2 amide bonds. The number of alkyl halides is 4. The topological polar surface area (TPSA) is 61.9 Å². The van der Waals surface area contributed by atoms with Gasteiger partial charge < -0.3 is 15.0 Å². The Morgan fingerprint density at radius 1 is 1.22 bits per heavy atom. The Labute approximate surface area is 188 Å². The molecule has 0 radical (unpaired) electrons. The zero-order valence-electron chi connectivity index (χ0n) is 17.7. The first kappa shape index (κ1) is 24.6. The fourth-order valence-corrected chi connectivity index (χ4v) is 4.35. The third-order valence-electron chi connectivity index (χ3n) is 6.00. The molecular formula is C21H26ClF4N3O3. The van der Waals surface area contributed by atoms with Crippen molar-refractivity contribution in [3.05, 3.63) is 28.8 Å². The second kappa shape index (κ2) is 9.82. The lowest BCUT2D eigenvalue weighted by atomic mass is 9.93. The second-order valence-corrected chi connectivity index (χ2v) is 8.71. The smallest absolute Gasteiger partial charge is 0.408 e. The number of rotatable bonds is 6. The van der Waals surface area contributed by atoms with Crippen molar-refractivity contribution in [2.45, 2.75) is 43.6 Å². The molecule has 6 nitrogen and oxygen atoms in total. The van der Waals surface area contributed by atoms with Crippen LogP contribution < -0.4 is 10.1 Å². The molecule has 1 N–H and O–H groups in total. The molecule has 0 bridgehead atoms. The molecule has 178 valence electrons. The monoisotopic (exact) mass is 479 g/mol. The van der Waals surface area contributed by atoms with Crippen LogP contribution in [0.25, 0.3) is 0 Å². The first-order chi connectivity index (χ1) is 15.0. The highest BCUT2D eigenvalue weighted by molar-refractivity contribution is 6.31.